The van der Waals surface area contributed by atoms with E-state index in [1.807, 2.05) is 25.1 Å². The number of rotatable bonds is 3. The Bertz CT molecular complexity index is 623. The van der Waals surface area contributed by atoms with E-state index in [1.54, 1.807) is 11.3 Å². The van der Waals surface area contributed by atoms with Crippen LogP contribution in [0.5, 0.6) is 0 Å². The first-order valence-electron chi connectivity index (χ1n) is 7.00. The van der Waals surface area contributed by atoms with Crippen molar-refractivity contribution in [3.8, 4) is 0 Å². The van der Waals surface area contributed by atoms with Crippen LogP contribution in [0.3, 0.4) is 0 Å². The lowest BCUT2D eigenvalue weighted by Crippen LogP contribution is -2.46. The van der Waals surface area contributed by atoms with Crippen LogP contribution in [0.15, 0.2) is 24.3 Å². The van der Waals surface area contributed by atoms with Crippen molar-refractivity contribution in [2.24, 2.45) is 0 Å². The van der Waals surface area contributed by atoms with Crippen LogP contribution in [-0.4, -0.2) is 36.3 Å². The molecule has 2 heterocycles. The molecule has 6 heteroatoms. The summed E-state index contributed by atoms with van der Waals surface area (Å²) < 4.78 is 0. The number of aryl methyl sites for hydroxylation is 1. The van der Waals surface area contributed by atoms with Crippen LogP contribution in [0.2, 0.25) is 5.02 Å². The Balaban J connectivity index is 1.69. The van der Waals surface area contributed by atoms with E-state index in [0.29, 0.717) is 0 Å². The largest absolute Gasteiger partial charge is 0.391 e. The van der Waals surface area contributed by atoms with E-state index in [2.05, 4.69) is 20.9 Å². The summed E-state index contributed by atoms with van der Waals surface area (Å²) in [7, 11) is 0. The van der Waals surface area contributed by atoms with Crippen LogP contribution < -0.4 is 9.80 Å². The molecular weight excluding hydrogens is 306 g/mol. The summed E-state index contributed by atoms with van der Waals surface area (Å²) in [6.45, 7) is 5.72. The van der Waals surface area contributed by atoms with Gasteiger partial charge in [-0.2, -0.15) is 0 Å². The third-order valence-corrected chi connectivity index (χ3v) is 5.29. The maximum atomic E-state index is 9.28. The second kappa shape index (κ2) is 6.22. The van der Waals surface area contributed by atoms with Crippen LogP contribution in [0, 0.1) is 6.92 Å². The lowest BCUT2D eigenvalue weighted by molar-refractivity contribution is 0.284. The molecule has 1 aromatic carbocycles. The number of para-hydroxylation sites is 1. The van der Waals surface area contributed by atoms with Gasteiger partial charge in [0.15, 0.2) is 5.13 Å². The van der Waals surface area contributed by atoms with Crippen LogP contribution in [0.1, 0.15) is 10.6 Å². The van der Waals surface area contributed by atoms with Gasteiger partial charge >= 0.3 is 0 Å². The van der Waals surface area contributed by atoms with Crippen molar-refractivity contribution < 1.29 is 5.11 Å². The van der Waals surface area contributed by atoms with E-state index in [-0.39, 0.29) is 6.61 Å². The minimum atomic E-state index is 0.0725. The summed E-state index contributed by atoms with van der Waals surface area (Å²) in [6.07, 6.45) is 0. The van der Waals surface area contributed by atoms with E-state index < -0.39 is 0 Å². The Labute approximate surface area is 133 Å². The van der Waals surface area contributed by atoms with Gasteiger partial charge in [-0.15, -0.1) is 0 Å². The zero-order chi connectivity index (χ0) is 14.8. The Morgan fingerprint density at radius 1 is 1.19 bits per heavy atom. The van der Waals surface area contributed by atoms with Gasteiger partial charge in [0.2, 0.25) is 0 Å². The average Bonchev–Trinajstić information content (AvgIpc) is 2.89. The van der Waals surface area contributed by atoms with E-state index in [0.717, 1.165) is 52.6 Å². The summed E-state index contributed by atoms with van der Waals surface area (Å²) in [5, 5.41) is 11.1. The average molecular weight is 324 g/mol. The summed E-state index contributed by atoms with van der Waals surface area (Å²) in [6, 6.07) is 7.97. The lowest BCUT2D eigenvalue weighted by atomic mass is 10.2. The number of thiazole rings is 1. The van der Waals surface area contributed by atoms with Gasteiger partial charge in [0.25, 0.3) is 0 Å². The predicted octanol–water partition coefficient (Wildman–Crippen LogP) is 2.92. The molecule has 1 N–H and O–H groups in total. The molecule has 0 unspecified atom stereocenters. The molecule has 112 valence electrons. The molecule has 0 atom stereocenters. The topological polar surface area (TPSA) is 39.6 Å². The quantitative estimate of drug-likeness (QED) is 0.942. The molecule has 3 rings (SSSR count). The maximum Gasteiger partial charge on any atom is 0.185 e. The number of halogens is 1. The molecule has 4 nitrogen and oxygen atoms in total. The van der Waals surface area contributed by atoms with Gasteiger partial charge in [-0.3, -0.25) is 0 Å². The van der Waals surface area contributed by atoms with Crippen molar-refractivity contribution >= 4 is 33.8 Å². The molecule has 1 aliphatic rings. The van der Waals surface area contributed by atoms with Crippen molar-refractivity contribution in [1.82, 2.24) is 4.98 Å². The first-order chi connectivity index (χ1) is 10.2. The summed E-state index contributed by atoms with van der Waals surface area (Å²) in [5.74, 6) is 0. The number of aliphatic hydroxyl groups excluding tert-OH is 1. The van der Waals surface area contributed by atoms with Crippen LogP contribution in [-0.2, 0) is 6.61 Å². The Kier molecular flexibility index (Phi) is 4.33. The third-order valence-electron chi connectivity index (χ3n) is 3.77. The number of aromatic nitrogens is 1. The van der Waals surface area contributed by atoms with Crippen molar-refractivity contribution in [2.75, 3.05) is 36.0 Å². The molecule has 1 saturated heterocycles. The number of anilines is 2. The van der Waals surface area contributed by atoms with Gasteiger partial charge in [-0.05, 0) is 19.1 Å². The highest BCUT2D eigenvalue weighted by atomic mass is 35.5. The molecule has 0 aliphatic carbocycles. The van der Waals surface area contributed by atoms with Crippen molar-refractivity contribution in [3.05, 3.63) is 39.9 Å². The van der Waals surface area contributed by atoms with Crippen molar-refractivity contribution in [3.63, 3.8) is 0 Å². The zero-order valence-electron chi connectivity index (χ0n) is 11.9. The molecular formula is C15H18ClN3OS. The van der Waals surface area contributed by atoms with Crippen LogP contribution in [0.25, 0.3) is 0 Å². The Hall–Kier alpha value is -1.30. The summed E-state index contributed by atoms with van der Waals surface area (Å²) >= 11 is 7.85. The molecule has 21 heavy (non-hydrogen) atoms. The van der Waals surface area contributed by atoms with Crippen LogP contribution >= 0.6 is 22.9 Å². The minimum absolute atomic E-state index is 0.0725. The molecule has 0 saturated carbocycles. The molecule has 0 radical (unpaired) electrons. The molecule has 1 fully saturated rings. The number of aliphatic hydroxyl groups is 1. The highest BCUT2D eigenvalue weighted by Crippen LogP contribution is 2.29. The standard InChI is InChI=1S/C15H18ClN3OS/c1-11-14(10-20)21-15(17-11)19-8-6-18(7-9-19)13-5-3-2-4-12(13)16/h2-5,20H,6-10H2,1H3. The van der Waals surface area contributed by atoms with Crippen molar-refractivity contribution in [1.29, 1.82) is 0 Å². The lowest BCUT2D eigenvalue weighted by Gasteiger charge is -2.36. The van der Waals surface area contributed by atoms with E-state index in [9.17, 15) is 5.11 Å². The molecule has 0 amide bonds. The highest BCUT2D eigenvalue weighted by molar-refractivity contribution is 7.15. The number of piperazine rings is 1. The van der Waals surface area contributed by atoms with E-state index in [4.69, 9.17) is 11.6 Å². The van der Waals surface area contributed by atoms with Crippen LogP contribution in [0.4, 0.5) is 10.8 Å². The first-order valence-corrected chi connectivity index (χ1v) is 8.20. The summed E-state index contributed by atoms with van der Waals surface area (Å²) in [5.41, 5.74) is 2.04. The first kappa shape index (κ1) is 14.6. The highest BCUT2D eigenvalue weighted by Gasteiger charge is 2.21. The zero-order valence-corrected chi connectivity index (χ0v) is 13.5. The summed E-state index contributed by atoms with van der Waals surface area (Å²) in [4.78, 5) is 10.1. The van der Waals surface area contributed by atoms with Crippen molar-refractivity contribution in [2.45, 2.75) is 13.5 Å². The maximum absolute atomic E-state index is 9.28. The molecule has 2 aromatic rings. The monoisotopic (exact) mass is 323 g/mol. The van der Waals surface area contributed by atoms with Gasteiger partial charge in [0.1, 0.15) is 0 Å². The smallest absolute Gasteiger partial charge is 0.185 e. The predicted molar refractivity (Wildman–Crippen MR) is 88.7 cm³/mol. The molecule has 1 aliphatic heterocycles. The van der Waals surface area contributed by atoms with Gasteiger partial charge in [0.05, 0.1) is 27.9 Å². The Morgan fingerprint density at radius 3 is 2.48 bits per heavy atom. The van der Waals surface area contributed by atoms with E-state index in [1.165, 1.54) is 0 Å². The number of hydrogen-bond donors (Lipinski definition) is 1. The van der Waals surface area contributed by atoms with E-state index >= 15 is 0 Å². The fourth-order valence-electron chi connectivity index (χ4n) is 2.54. The third kappa shape index (κ3) is 3.00. The second-order valence-corrected chi connectivity index (χ2v) is 6.56. The number of hydrogen-bond acceptors (Lipinski definition) is 5. The van der Waals surface area contributed by atoms with Gasteiger partial charge in [-0.1, -0.05) is 35.1 Å². The second-order valence-electron chi connectivity index (χ2n) is 5.09. The molecule has 0 spiro atoms. The fraction of sp³-hybridized carbons (Fsp3) is 0.400. The van der Waals surface area contributed by atoms with Gasteiger partial charge in [0, 0.05) is 26.2 Å². The number of benzene rings is 1. The fourth-order valence-corrected chi connectivity index (χ4v) is 3.77. The van der Waals surface area contributed by atoms with Gasteiger partial charge < -0.3 is 14.9 Å². The Morgan fingerprint density at radius 2 is 1.86 bits per heavy atom. The van der Waals surface area contributed by atoms with Gasteiger partial charge in [-0.25, -0.2) is 4.98 Å². The normalized spacial score (nSPS) is 15.6. The number of nitrogens with zero attached hydrogens (tertiary/aromatic N) is 3. The SMILES string of the molecule is Cc1nc(N2CCN(c3ccccc3Cl)CC2)sc1CO. The minimum Gasteiger partial charge on any atom is -0.391 e. The molecule has 0 bridgehead atoms. The molecule has 1 aromatic heterocycles.